The van der Waals surface area contributed by atoms with Crippen LogP contribution in [-0.2, 0) is 27.2 Å². The van der Waals surface area contributed by atoms with Gasteiger partial charge >= 0.3 is 0 Å². The molecule has 0 saturated carbocycles. The number of imidazole rings is 1. The van der Waals surface area contributed by atoms with Gasteiger partial charge in [-0.05, 0) is 18.2 Å². The molecule has 0 fully saturated rings. The second-order valence-electron chi connectivity index (χ2n) is 6.17. The van der Waals surface area contributed by atoms with Crippen molar-refractivity contribution in [3.8, 4) is 17.1 Å². The third-order valence-electron chi connectivity index (χ3n) is 4.77. The summed E-state index contributed by atoms with van der Waals surface area (Å²) in [4.78, 5) is 4.53. The van der Waals surface area contributed by atoms with Crippen molar-refractivity contribution in [3.63, 3.8) is 0 Å². The number of aromatic nitrogens is 3. The number of nitrogens with zero attached hydrogens (tertiary/aromatic N) is 3. The van der Waals surface area contributed by atoms with Gasteiger partial charge in [0.05, 0.1) is 11.3 Å². The molecule has 0 atom stereocenters. The van der Waals surface area contributed by atoms with Crippen LogP contribution in [0.4, 0.5) is 0 Å². The first-order chi connectivity index (χ1) is 12.3. The van der Waals surface area contributed by atoms with Crippen LogP contribution in [-0.4, -0.2) is 14.1 Å². The van der Waals surface area contributed by atoms with Crippen LogP contribution in [0.25, 0.3) is 38.9 Å². The number of benzene rings is 3. The van der Waals surface area contributed by atoms with Gasteiger partial charge in [-0.1, -0.05) is 24.3 Å². The zero-order valence-corrected chi connectivity index (χ0v) is 16.6. The SMILES string of the molecule is Cn1c2ccccc2c2ccc(-n3ccnc3-c3[c-]cccc3)cc21.[Ir]. The van der Waals surface area contributed by atoms with Crippen molar-refractivity contribution in [2.24, 2.45) is 7.05 Å². The van der Waals surface area contributed by atoms with E-state index in [0.717, 1.165) is 17.1 Å². The molecule has 0 bridgehead atoms. The molecule has 5 aromatic rings. The van der Waals surface area contributed by atoms with Crippen molar-refractivity contribution in [2.45, 2.75) is 0 Å². The number of aryl methyl sites for hydroxylation is 1. The Labute approximate surface area is 165 Å². The fraction of sp³-hybridized carbons (Fsp3) is 0.0455. The summed E-state index contributed by atoms with van der Waals surface area (Å²) in [5.41, 5.74) is 4.56. The van der Waals surface area contributed by atoms with Crippen LogP contribution in [0.15, 0.2) is 79.1 Å². The molecular weight excluding hydrogens is 498 g/mol. The fourth-order valence-corrected chi connectivity index (χ4v) is 3.54. The van der Waals surface area contributed by atoms with E-state index in [2.05, 4.69) is 69.7 Å². The molecule has 3 nitrogen and oxygen atoms in total. The molecule has 0 unspecified atom stereocenters. The van der Waals surface area contributed by atoms with Gasteiger partial charge in [0, 0.05) is 61.5 Å². The molecule has 129 valence electrons. The van der Waals surface area contributed by atoms with Gasteiger partial charge in [-0.3, -0.25) is 4.98 Å². The third-order valence-corrected chi connectivity index (χ3v) is 4.77. The molecule has 0 amide bonds. The molecule has 3 aromatic carbocycles. The van der Waals surface area contributed by atoms with E-state index in [4.69, 9.17) is 0 Å². The summed E-state index contributed by atoms with van der Waals surface area (Å²) in [6.45, 7) is 0. The normalized spacial score (nSPS) is 11.0. The van der Waals surface area contributed by atoms with Crippen molar-refractivity contribution in [2.75, 3.05) is 0 Å². The Bertz CT molecular complexity index is 1200. The minimum Gasteiger partial charge on any atom is -0.344 e. The van der Waals surface area contributed by atoms with E-state index in [1.54, 1.807) is 0 Å². The molecule has 0 N–H and O–H groups in total. The standard InChI is InChI=1S/C22H16N3.Ir/c1-24-20-10-6-5-9-18(20)19-12-11-17(15-21(19)24)25-14-13-23-22(25)16-7-3-2-4-8-16;/h2-7,9-15H,1H3;/q-1;. The Morgan fingerprint density at radius 2 is 1.69 bits per heavy atom. The molecule has 26 heavy (non-hydrogen) atoms. The summed E-state index contributed by atoms with van der Waals surface area (Å²) < 4.78 is 4.36. The van der Waals surface area contributed by atoms with Gasteiger partial charge in [0.15, 0.2) is 0 Å². The van der Waals surface area contributed by atoms with E-state index in [-0.39, 0.29) is 20.1 Å². The summed E-state index contributed by atoms with van der Waals surface area (Å²) in [5.74, 6) is 0.902. The number of hydrogen-bond acceptors (Lipinski definition) is 1. The maximum absolute atomic E-state index is 4.53. The first kappa shape index (κ1) is 16.8. The van der Waals surface area contributed by atoms with Crippen LogP contribution in [0.5, 0.6) is 0 Å². The van der Waals surface area contributed by atoms with E-state index in [1.165, 1.54) is 21.8 Å². The molecule has 0 aliphatic carbocycles. The molecule has 0 aliphatic heterocycles. The van der Waals surface area contributed by atoms with Crippen molar-refractivity contribution in [1.29, 1.82) is 0 Å². The second-order valence-corrected chi connectivity index (χ2v) is 6.17. The Kier molecular flexibility index (Phi) is 4.23. The summed E-state index contributed by atoms with van der Waals surface area (Å²) >= 11 is 0. The zero-order chi connectivity index (χ0) is 16.8. The first-order valence-corrected chi connectivity index (χ1v) is 8.31. The van der Waals surface area contributed by atoms with Crippen molar-refractivity contribution >= 4 is 21.8 Å². The Hall–Kier alpha value is -2.68. The van der Waals surface area contributed by atoms with E-state index in [0.29, 0.717) is 0 Å². The maximum Gasteiger partial charge on any atom is 0.0602 e. The summed E-state index contributed by atoms with van der Waals surface area (Å²) in [7, 11) is 2.12. The molecule has 4 heteroatoms. The molecule has 2 aromatic heterocycles. The van der Waals surface area contributed by atoms with Crippen LogP contribution < -0.4 is 0 Å². The Morgan fingerprint density at radius 3 is 2.54 bits per heavy atom. The van der Waals surface area contributed by atoms with Crippen LogP contribution in [0.1, 0.15) is 0 Å². The monoisotopic (exact) mass is 515 g/mol. The minimum atomic E-state index is 0. The number of para-hydroxylation sites is 1. The molecule has 0 saturated heterocycles. The van der Waals surface area contributed by atoms with Gasteiger partial charge in [0.1, 0.15) is 0 Å². The smallest absolute Gasteiger partial charge is 0.0602 e. The Morgan fingerprint density at radius 1 is 0.885 bits per heavy atom. The first-order valence-electron chi connectivity index (χ1n) is 8.31. The van der Waals surface area contributed by atoms with E-state index < -0.39 is 0 Å². The van der Waals surface area contributed by atoms with Gasteiger partial charge in [0.25, 0.3) is 0 Å². The average molecular weight is 515 g/mol. The largest absolute Gasteiger partial charge is 0.344 e. The van der Waals surface area contributed by atoms with Gasteiger partial charge in [-0.2, -0.15) is 0 Å². The van der Waals surface area contributed by atoms with Gasteiger partial charge in [0.2, 0.25) is 0 Å². The predicted octanol–water partition coefficient (Wildman–Crippen LogP) is 4.98. The molecular formula is C22H16IrN3-. The number of rotatable bonds is 2. The Balaban J connectivity index is 0.00000168. The van der Waals surface area contributed by atoms with Crippen LogP contribution in [0.2, 0.25) is 0 Å². The average Bonchev–Trinajstić information content (AvgIpc) is 3.27. The topological polar surface area (TPSA) is 22.8 Å². The quantitative estimate of drug-likeness (QED) is 0.305. The van der Waals surface area contributed by atoms with Crippen LogP contribution >= 0.6 is 0 Å². The number of fused-ring (bicyclic) bond motifs is 3. The van der Waals surface area contributed by atoms with E-state index in [9.17, 15) is 0 Å². The summed E-state index contributed by atoms with van der Waals surface area (Å²) in [5, 5.41) is 2.56. The summed E-state index contributed by atoms with van der Waals surface area (Å²) in [6.07, 6.45) is 3.84. The van der Waals surface area contributed by atoms with Gasteiger partial charge < -0.3 is 9.13 Å². The zero-order valence-electron chi connectivity index (χ0n) is 14.2. The molecule has 2 heterocycles. The molecule has 5 rings (SSSR count). The van der Waals surface area contributed by atoms with Crippen molar-refractivity contribution in [3.05, 3.63) is 85.2 Å². The number of hydrogen-bond donors (Lipinski definition) is 0. The van der Waals surface area contributed by atoms with Gasteiger partial charge in [-0.25, -0.2) is 0 Å². The maximum atomic E-state index is 4.53. The third kappa shape index (κ3) is 2.50. The van der Waals surface area contributed by atoms with E-state index >= 15 is 0 Å². The molecule has 0 aliphatic rings. The summed E-state index contributed by atoms with van der Waals surface area (Å²) in [6, 6.07) is 26.3. The van der Waals surface area contributed by atoms with Crippen LogP contribution in [0, 0.1) is 6.07 Å². The minimum absolute atomic E-state index is 0. The predicted molar refractivity (Wildman–Crippen MR) is 102 cm³/mol. The van der Waals surface area contributed by atoms with Crippen LogP contribution in [0.3, 0.4) is 0 Å². The molecule has 1 radical (unpaired) electrons. The van der Waals surface area contributed by atoms with Gasteiger partial charge in [-0.15, -0.1) is 35.9 Å². The molecule has 0 spiro atoms. The van der Waals surface area contributed by atoms with Crippen molar-refractivity contribution in [1.82, 2.24) is 14.1 Å². The second kappa shape index (κ2) is 6.56. The van der Waals surface area contributed by atoms with E-state index in [1.807, 2.05) is 36.7 Å². The van der Waals surface area contributed by atoms with Crippen molar-refractivity contribution < 1.29 is 20.1 Å². The fourth-order valence-electron chi connectivity index (χ4n) is 3.54.